The summed E-state index contributed by atoms with van der Waals surface area (Å²) < 4.78 is 2.04. The van der Waals surface area contributed by atoms with E-state index in [-0.39, 0.29) is 18.0 Å². The Bertz CT molecular complexity index is 950. The van der Waals surface area contributed by atoms with Gasteiger partial charge in [0, 0.05) is 15.5 Å². The van der Waals surface area contributed by atoms with Gasteiger partial charge in [-0.3, -0.25) is 9.59 Å². The van der Waals surface area contributed by atoms with Gasteiger partial charge in [0.1, 0.15) is 6.54 Å². The maximum atomic E-state index is 12.4. The van der Waals surface area contributed by atoms with Crippen molar-refractivity contribution in [3.8, 4) is 0 Å². The van der Waals surface area contributed by atoms with Gasteiger partial charge in [-0.15, -0.1) is 0 Å². The van der Waals surface area contributed by atoms with Crippen LogP contribution in [-0.4, -0.2) is 15.7 Å². The maximum Gasteiger partial charge on any atom is 0.275 e. The fourth-order valence-corrected chi connectivity index (χ4v) is 2.71. The molecule has 1 heterocycles. The molecule has 0 unspecified atom stereocenters. The zero-order valence-electron chi connectivity index (χ0n) is 12.4. The molecule has 116 valence electrons. The van der Waals surface area contributed by atoms with E-state index in [1.54, 1.807) is 24.4 Å². The third kappa shape index (κ3) is 3.48. The molecule has 0 atom stereocenters. The van der Waals surface area contributed by atoms with E-state index >= 15 is 0 Å². The Morgan fingerprint density at radius 1 is 1.26 bits per heavy atom. The number of anilines is 1. The average molecular weight is 372 g/mol. The van der Waals surface area contributed by atoms with Gasteiger partial charge in [-0.2, -0.15) is 5.10 Å². The Morgan fingerprint density at radius 2 is 2.09 bits per heavy atom. The number of rotatable bonds is 3. The number of nitrogens with one attached hydrogen (secondary N) is 1. The molecule has 6 heteroatoms. The summed E-state index contributed by atoms with van der Waals surface area (Å²) in [7, 11) is 0. The van der Waals surface area contributed by atoms with Crippen LogP contribution in [0.4, 0.5) is 5.69 Å². The first-order valence-corrected chi connectivity index (χ1v) is 7.84. The monoisotopic (exact) mass is 371 g/mol. The van der Waals surface area contributed by atoms with E-state index in [1.165, 1.54) is 4.68 Å². The lowest BCUT2D eigenvalue weighted by molar-refractivity contribution is -0.117. The van der Waals surface area contributed by atoms with Gasteiger partial charge in [0.25, 0.3) is 5.56 Å². The van der Waals surface area contributed by atoms with Gasteiger partial charge >= 0.3 is 0 Å². The normalized spacial score (nSPS) is 10.7. The lowest BCUT2D eigenvalue weighted by Gasteiger charge is -2.08. The first-order valence-electron chi connectivity index (χ1n) is 7.05. The van der Waals surface area contributed by atoms with Crippen molar-refractivity contribution in [2.24, 2.45) is 0 Å². The summed E-state index contributed by atoms with van der Waals surface area (Å²) in [4.78, 5) is 24.5. The highest BCUT2D eigenvalue weighted by Gasteiger charge is 2.09. The second-order valence-corrected chi connectivity index (χ2v) is 6.17. The molecule has 1 amide bonds. The van der Waals surface area contributed by atoms with Gasteiger partial charge in [0.2, 0.25) is 5.91 Å². The molecule has 0 aliphatic rings. The van der Waals surface area contributed by atoms with Crippen LogP contribution < -0.4 is 10.9 Å². The fourth-order valence-electron chi connectivity index (χ4n) is 2.33. The van der Waals surface area contributed by atoms with Crippen molar-refractivity contribution in [3.63, 3.8) is 0 Å². The number of nitrogens with zero attached hydrogens (tertiary/aromatic N) is 2. The zero-order valence-corrected chi connectivity index (χ0v) is 14.0. The molecular weight excluding hydrogens is 358 g/mol. The number of fused-ring (bicyclic) bond motifs is 1. The Hall–Kier alpha value is -2.47. The second kappa shape index (κ2) is 6.34. The van der Waals surface area contributed by atoms with Crippen LogP contribution >= 0.6 is 15.9 Å². The standard InChI is InChI=1S/C17H14BrN3O2/c1-11-3-2-4-14(7-11)20-16(22)10-21-17(23)15-6-5-13(18)8-12(15)9-19-21/h2-9H,10H2,1H3,(H,20,22). The number of hydrogen-bond donors (Lipinski definition) is 1. The summed E-state index contributed by atoms with van der Waals surface area (Å²) in [5.74, 6) is -0.290. The minimum atomic E-state index is -0.290. The SMILES string of the molecule is Cc1cccc(NC(=O)Cn2ncc3cc(Br)ccc3c2=O)c1. The van der Waals surface area contributed by atoms with E-state index in [4.69, 9.17) is 0 Å². The van der Waals surface area contributed by atoms with Crippen LogP contribution in [0.1, 0.15) is 5.56 Å². The van der Waals surface area contributed by atoms with Crippen molar-refractivity contribution >= 4 is 38.3 Å². The van der Waals surface area contributed by atoms with Crippen molar-refractivity contribution < 1.29 is 4.79 Å². The molecule has 3 aromatic rings. The second-order valence-electron chi connectivity index (χ2n) is 5.26. The molecule has 1 N–H and O–H groups in total. The summed E-state index contributed by atoms with van der Waals surface area (Å²) in [5.41, 5.74) is 1.47. The van der Waals surface area contributed by atoms with Gasteiger partial charge in [0.05, 0.1) is 11.6 Å². The zero-order chi connectivity index (χ0) is 16.4. The molecule has 0 aliphatic carbocycles. The first-order chi connectivity index (χ1) is 11.0. The Labute approximate surface area is 141 Å². The average Bonchev–Trinajstić information content (AvgIpc) is 2.50. The third-order valence-corrected chi connectivity index (χ3v) is 3.90. The minimum absolute atomic E-state index is 0.126. The Morgan fingerprint density at radius 3 is 2.87 bits per heavy atom. The lowest BCUT2D eigenvalue weighted by atomic mass is 10.2. The molecule has 2 aromatic carbocycles. The number of hydrogen-bond acceptors (Lipinski definition) is 3. The summed E-state index contributed by atoms with van der Waals surface area (Å²) in [5, 5.41) is 8.11. The van der Waals surface area contributed by atoms with Crippen molar-refractivity contribution in [1.29, 1.82) is 0 Å². The summed E-state index contributed by atoms with van der Waals surface area (Å²) in [6, 6.07) is 12.8. The van der Waals surface area contributed by atoms with Crippen molar-refractivity contribution in [3.05, 3.63) is 69.1 Å². The highest BCUT2D eigenvalue weighted by atomic mass is 79.9. The summed E-state index contributed by atoms with van der Waals surface area (Å²) in [6.45, 7) is 1.82. The minimum Gasteiger partial charge on any atom is -0.324 e. The van der Waals surface area contributed by atoms with Crippen molar-refractivity contribution in [1.82, 2.24) is 9.78 Å². The molecule has 0 aliphatic heterocycles. The molecule has 23 heavy (non-hydrogen) atoms. The van der Waals surface area contributed by atoms with Crippen molar-refractivity contribution in [2.45, 2.75) is 13.5 Å². The largest absolute Gasteiger partial charge is 0.324 e. The van der Waals surface area contributed by atoms with E-state index in [0.717, 1.165) is 15.4 Å². The Kier molecular flexibility index (Phi) is 4.25. The van der Waals surface area contributed by atoms with Crippen LogP contribution in [0.15, 0.2) is 57.9 Å². The lowest BCUT2D eigenvalue weighted by Crippen LogP contribution is -2.29. The van der Waals surface area contributed by atoms with Crippen LogP contribution in [0.3, 0.4) is 0 Å². The molecule has 1 aromatic heterocycles. The third-order valence-electron chi connectivity index (χ3n) is 3.41. The number of halogens is 1. The van der Waals surface area contributed by atoms with E-state index in [1.807, 2.05) is 31.2 Å². The highest BCUT2D eigenvalue weighted by molar-refractivity contribution is 9.10. The number of carbonyl (C=O) groups excluding carboxylic acids is 1. The first kappa shape index (κ1) is 15.4. The quantitative estimate of drug-likeness (QED) is 0.769. The van der Waals surface area contributed by atoms with Gasteiger partial charge in [-0.05, 0) is 42.8 Å². The smallest absolute Gasteiger partial charge is 0.275 e. The van der Waals surface area contributed by atoms with Crippen LogP contribution in [0.5, 0.6) is 0 Å². The predicted molar refractivity (Wildman–Crippen MR) is 93.5 cm³/mol. The molecule has 0 bridgehead atoms. The van der Waals surface area contributed by atoms with Gasteiger partial charge in [-0.25, -0.2) is 4.68 Å². The highest BCUT2D eigenvalue weighted by Crippen LogP contribution is 2.16. The molecule has 3 rings (SSSR count). The van der Waals surface area contributed by atoms with Crippen LogP contribution in [-0.2, 0) is 11.3 Å². The molecular formula is C17H14BrN3O2. The number of benzene rings is 2. The number of carbonyl (C=O) groups is 1. The maximum absolute atomic E-state index is 12.4. The van der Waals surface area contributed by atoms with E-state index < -0.39 is 0 Å². The summed E-state index contributed by atoms with van der Waals surface area (Å²) >= 11 is 3.36. The molecule has 5 nitrogen and oxygen atoms in total. The number of aryl methyl sites for hydroxylation is 1. The van der Waals surface area contributed by atoms with Gasteiger partial charge in [0.15, 0.2) is 0 Å². The van der Waals surface area contributed by atoms with Crippen LogP contribution in [0, 0.1) is 6.92 Å². The molecule has 0 saturated heterocycles. The number of amides is 1. The Balaban J connectivity index is 1.84. The topological polar surface area (TPSA) is 64.0 Å². The van der Waals surface area contributed by atoms with E-state index in [0.29, 0.717) is 11.1 Å². The van der Waals surface area contributed by atoms with E-state index in [9.17, 15) is 9.59 Å². The molecule has 0 saturated carbocycles. The predicted octanol–water partition coefficient (Wildman–Crippen LogP) is 3.11. The molecule has 0 fully saturated rings. The van der Waals surface area contributed by atoms with Gasteiger partial charge < -0.3 is 5.32 Å². The number of aromatic nitrogens is 2. The fraction of sp³-hybridized carbons (Fsp3) is 0.118. The van der Waals surface area contributed by atoms with Crippen molar-refractivity contribution in [2.75, 3.05) is 5.32 Å². The molecule has 0 radical (unpaired) electrons. The molecule has 0 spiro atoms. The van der Waals surface area contributed by atoms with E-state index in [2.05, 4.69) is 26.3 Å². The van der Waals surface area contributed by atoms with Crippen LogP contribution in [0.25, 0.3) is 10.8 Å². The van der Waals surface area contributed by atoms with Gasteiger partial charge in [-0.1, -0.05) is 28.1 Å². The summed E-state index contributed by atoms with van der Waals surface area (Å²) in [6.07, 6.45) is 1.58. The van der Waals surface area contributed by atoms with Crippen LogP contribution in [0.2, 0.25) is 0 Å².